The van der Waals surface area contributed by atoms with Crippen molar-refractivity contribution in [2.45, 2.75) is 36.4 Å². The van der Waals surface area contributed by atoms with E-state index < -0.39 is 22.0 Å². The summed E-state index contributed by atoms with van der Waals surface area (Å²) in [4.78, 5) is 12.6. The van der Waals surface area contributed by atoms with Gasteiger partial charge in [0.1, 0.15) is 6.04 Å². The van der Waals surface area contributed by atoms with Crippen molar-refractivity contribution in [1.29, 1.82) is 0 Å². The van der Waals surface area contributed by atoms with Crippen molar-refractivity contribution in [2.75, 3.05) is 15.9 Å². The number of hydrogen-bond acceptors (Lipinski definition) is 7. The molecule has 0 unspecified atom stereocenters. The molecule has 0 saturated heterocycles. The van der Waals surface area contributed by atoms with Crippen LogP contribution in [0.4, 0.5) is 10.8 Å². The van der Waals surface area contributed by atoms with Gasteiger partial charge in [0.15, 0.2) is 4.34 Å². The first-order valence-corrected chi connectivity index (χ1v) is 12.0. The van der Waals surface area contributed by atoms with Crippen LogP contribution in [0.3, 0.4) is 0 Å². The molecule has 0 spiro atoms. The number of halogens is 2. The lowest BCUT2D eigenvalue weighted by Gasteiger charge is -2.28. The van der Waals surface area contributed by atoms with Gasteiger partial charge < -0.3 is 0 Å². The van der Waals surface area contributed by atoms with Gasteiger partial charge in [0.2, 0.25) is 21.1 Å². The van der Waals surface area contributed by atoms with Gasteiger partial charge in [0.25, 0.3) is 0 Å². The van der Waals surface area contributed by atoms with Crippen molar-refractivity contribution in [3.8, 4) is 0 Å². The Kier molecular flexibility index (Phi) is 7.37. The van der Waals surface area contributed by atoms with Crippen molar-refractivity contribution >= 4 is 73.0 Å². The predicted octanol–water partition coefficient (Wildman–Crippen LogP) is 4.14. The van der Waals surface area contributed by atoms with Gasteiger partial charge in [0, 0.05) is 15.3 Å². The highest BCUT2D eigenvalue weighted by Gasteiger charge is 2.30. The number of rotatable bonds is 7. The van der Waals surface area contributed by atoms with Crippen LogP contribution >= 0.6 is 46.3 Å². The molecular formula is C15H18Cl2N4O3S3. The fourth-order valence-corrected chi connectivity index (χ4v) is 5.85. The molecule has 0 aliphatic carbocycles. The molecule has 0 bridgehead atoms. The van der Waals surface area contributed by atoms with E-state index in [9.17, 15) is 13.2 Å². The molecule has 1 aromatic carbocycles. The van der Waals surface area contributed by atoms with Crippen molar-refractivity contribution in [2.24, 2.45) is 0 Å². The number of nitrogens with one attached hydrogen (secondary N) is 1. The lowest BCUT2D eigenvalue weighted by molar-refractivity contribution is -0.116. The van der Waals surface area contributed by atoms with Crippen LogP contribution in [0.15, 0.2) is 22.5 Å². The van der Waals surface area contributed by atoms with Gasteiger partial charge in [-0.05, 0) is 25.1 Å². The Labute approximate surface area is 176 Å². The molecule has 0 radical (unpaired) electrons. The third kappa shape index (κ3) is 6.21. The molecule has 148 valence electrons. The fraction of sp³-hybridized carbons (Fsp3) is 0.400. The minimum absolute atomic E-state index is 0.200. The Morgan fingerprint density at radius 3 is 2.30 bits per heavy atom. The molecule has 1 aromatic heterocycles. The second-order valence-electron chi connectivity index (χ2n) is 5.89. The Morgan fingerprint density at radius 2 is 1.78 bits per heavy atom. The molecule has 1 atom stereocenters. The zero-order valence-electron chi connectivity index (χ0n) is 14.9. The van der Waals surface area contributed by atoms with Gasteiger partial charge in [-0.2, -0.15) is 0 Å². The predicted molar refractivity (Wildman–Crippen MR) is 113 cm³/mol. The highest BCUT2D eigenvalue weighted by Crippen LogP contribution is 2.30. The maximum Gasteiger partial charge on any atom is 0.249 e. The summed E-state index contributed by atoms with van der Waals surface area (Å²) in [7, 11) is -3.78. The third-order valence-corrected chi connectivity index (χ3v) is 6.77. The summed E-state index contributed by atoms with van der Waals surface area (Å²) in [6.07, 6.45) is 1.01. The van der Waals surface area contributed by atoms with E-state index in [4.69, 9.17) is 23.2 Å². The average molecular weight is 469 g/mol. The average Bonchev–Trinajstić information content (AvgIpc) is 2.90. The molecule has 1 N–H and O–H groups in total. The van der Waals surface area contributed by atoms with Gasteiger partial charge in [0.05, 0.1) is 11.9 Å². The molecule has 0 aliphatic rings. The second kappa shape index (κ2) is 8.95. The highest BCUT2D eigenvalue weighted by atomic mass is 35.5. The number of aromatic nitrogens is 2. The van der Waals surface area contributed by atoms with Gasteiger partial charge >= 0.3 is 0 Å². The molecule has 2 rings (SSSR count). The van der Waals surface area contributed by atoms with Gasteiger partial charge in [-0.3, -0.25) is 14.4 Å². The quantitative estimate of drug-likeness (QED) is 0.484. The minimum Gasteiger partial charge on any atom is -0.299 e. The number of anilines is 2. The summed E-state index contributed by atoms with van der Waals surface area (Å²) < 4.78 is 26.3. The summed E-state index contributed by atoms with van der Waals surface area (Å²) in [5.74, 6) is -0.547. The molecule has 27 heavy (non-hydrogen) atoms. The normalized spacial score (nSPS) is 12.9. The lowest BCUT2D eigenvalue weighted by atomic mass is 10.2. The molecule has 12 heteroatoms. The van der Waals surface area contributed by atoms with E-state index in [0.29, 0.717) is 10.4 Å². The number of thioether (sulfide) groups is 1. The summed E-state index contributed by atoms with van der Waals surface area (Å²) in [6, 6.07) is 3.29. The van der Waals surface area contributed by atoms with Gasteiger partial charge in [-0.1, -0.05) is 60.1 Å². The number of carbonyl (C=O) groups is 1. The van der Waals surface area contributed by atoms with Crippen LogP contribution < -0.4 is 9.62 Å². The summed E-state index contributed by atoms with van der Waals surface area (Å²) in [6.45, 7) is 5.51. The van der Waals surface area contributed by atoms with Crippen LogP contribution in [-0.4, -0.2) is 42.1 Å². The molecule has 0 aliphatic heterocycles. The van der Waals surface area contributed by atoms with Crippen molar-refractivity contribution in [1.82, 2.24) is 10.2 Å². The summed E-state index contributed by atoms with van der Waals surface area (Å²) in [5.41, 5.74) is 0.200. The van der Waals surface area contributed by atoms with E-state index in [0.717, 1.165) is 14.9 Å². The van der Waals surface area contributed by atoms with E-state index in [1.165, 1.54) is 48.2 Å². The first-order chi connectivity index (χ1) is 12.5. The number of carbonyl (C=O) groups excluding carboxylic acids is 1. The number of nitrogens with zero attached hydrogens (tertiary/aromatic N) is 3. The smallest absolute Gasteiger partial charge is 0.249 e. The number of amides is 1. The van der Waals surface area contributed by atoms with E-state index in [1.807, 2.05) is 13.8 Å². The van der Waals surface area contributed by atoms with Crippen LogP contribution in [0.5, 0.6) is 0 Å². The first-order valence-electron chi connectivity index (χ1n) is 7.74. The number of sulfonamides is 1. The van der Waals surface area contributed by atoms with Gasteiger partial charge in [-0.15, -0.1) is 10.2 Å². The number of benzene rings is 1. The molecule has 7 nitrogen and oxygen atoms in total. The second-order valence-corrected chi connectivity index (χ2v) is 11.4. The summed E-state index contributed by atoms with van der Waals surface area (Å²) in [5, 5.41) is 11.7. The minimum atomic E-state index is -3.78. The fourth-order valence-electron chi connectivity index (χ4n) is 2.19. The molecular weight excluding hydrogens is 451 g/mol. The lowest BCUT2D eigenvalue weighted by Crippen LogP contribution is -2.45. The Balaban J connectivity index is 2.26. The van der Waals surface area contributed by atoms with E-state index >= 15 is 0 Å². The standard InChI is InChI=1S/C15H18Cl2N4O3S3/c1-8(2)25-15-20-19-14(26-15)18-13(22)9(3)21(27(4,23)24)12-6-10(16)5-11(17)7-12/h5-9H,1-4H3,(H,18,19,22)/t9-/m1/s1. The van der Waals surface area contributed by atoms with Crippen LogP contribution in [0.25, 0.3) is 0 Å². The molecule has 1 heterocycles. The zero-order valence-corrected chi connectivity index (χ0v) is 18.9. The van der Waals surface area contributed by atoms with E-state index in [2.05, 4.69) is 15.5 Å². The molecule has 0 saturated carbocycles. The van der Waals surface area contributed by atoms with Crippen LogP contribution in [-0.2, 0) is 14.8 Å². The zero-order chi connectivity index (χ0) is 20.4. The van der Waals surface area contributed by atoms with Crippen molar-refractivity contribution in [3.63, 3.8) is 0 Å². The summed E-state index contributed by atoms with van der Waals surface area (Å²) >= 11 is 14.7. The Morgan fingerprint density at radius 1 is 1.19 bits per heavy atom. The molecule has 1 amide bonds. The van der Waals surface area contributed by atoms with E-state index in [1.54, 1.807) is 0 Å². The maximum atomic E-state index is 12.6. The van der Waals surface area contributed by atoms with Crippen LogP contribution in [0.2, 0.25) is 10.0 Å². The maximum absolute atomic E-state index is 12.6. The molecule has 0 fully saturated rings. The topological polar surface area (TPSA) is 92.3 Å². The monoisotopic (exact) mass is 468 g/mol. The SMILES string of the molecule is CC(C)Sc1nnc(NC(=O)[C@@H](C)N(c2cc(Cl)cc(Cl)c2)S(C)(=O)=O)s1. The third-order valence-electron chi connectivity index (χ3n) is 3.16. The van der Waals surface area contributed by atoms with Crippen molar-refractivity contribution in [3.05, 3.63) is 28.2 Å². The van der Waals surface area contributed by atoms with Crippen LogP contribution in [0, 0.1) is 0 Å². The Hall–Kier alpha value is -1.07. The molecule has 2 aromatic rings. The van der Waals surface area contributed by atoms with E-state index in [-0.39, 0.29) is 15.7 Å². The first kappa shape index (κ1) is 22.2. The Bertz CT molecular complexity index is 914. The van der Waals surface area contributed by atoms with Gasteiger partial charge in [-0.25, -0.2) is 8.42 Å². The number of hydrogen-bond donors (Lipinski definition) is 1. The highest BCUT2D eigenvalue weighted by molar-refractivity contribution is 8.01. The van der Waals surface area contributed by atoms with Crippen LogP contribution in [0.1, 0.15) is 20.8 Å². The van der Waals surface area contributed by atoms with Crippen molar-refractivity contribution < 1.29 is 13.2 Å². The largest absolute Gasteiger partial charge is 0.299 e.